The number of carbonyl (C=O) groups is 1. The van der Waals surface area contributed by atoms with Gasteiger partial charge in [0, 0.05) is 15.6 Å². The second kappa shape index (κ2) is 12.5. The average molecular weight is 509 g/mol. The molecule has 0 bridgehead atoms. The van der Waals surface area contributed by atoms with Crippen molar-refractivity contribution in [1.82, 2.24) is 5.43 Å². The minimum Gasteiger partial charge on any atom is -0.490 e. The van der Waals surface area contributed by atoms with E-state index < -0.39 is 0 Å². The van der Waals surface area contributed by atoms with Gasteiger partial charge in [-0.1, -0.05) is 58.9 Å². The molecular formula is C26H25BrN2O4. The van der Waals surface area contributed by atoms with Crippen molar-refractivity contribution in [2.24, 2.45) is 5.10 Å². The van der Waals surface area contributed by atoms with E-state index >= 15 is 0 Å². The van der Waals surface area contributed by atoms with Gasteiger partial charge in [0.25, 0.3) is 5.91 Å². The molecule has 0 spiro atoms. The number of nitrogens with one attached hydrogen (secondary N) is 1. The lowest BCUT2D eigenvalue weighted by Crippen LogP contribution is -2.18. The molecule has 0 fully saturated rings. The van der Waals surface area contributed by atoms with Gasteiger partial charge < -0.3 is 14.2 Å². The Morgan fingerprint density at radius 3 is 2.55 bits per heavy atom. The molecule has 6 nitrogen and oxygen atoms in total. The molecule has 0 aliphatic carbocycles. The lowest BCUT2D eigenvalue weighted by Gasteiger charge is -2.12. The van der Waals surface area contributed by atoms with Crippen LogP contribution in [0.3, 0.4) is 0 Å². The zero-order valence-corrected chi connectivity index (χ0v) is 19.9. The Bertz CT molecular complexity index is 1120. The fourth-order valence-corrected chi connectivity index (χ4v) is 3.28. The SMILES string of the molecule is C=CCOc1ccc(C(=O)N/N=C/c2cc(Br)ccc2OCc2ccccc2)cc1OCC. The standard InChI is InChI=1S/C26H25BrN2O4/c1-3-14-32-24-12-10-20(16-25(24)31-4-2)26(30)29-28-17-21-15-22(27)11-13-23(21)33-18-19-8-6-5-7-9-19/h3,5-13,15-17H,1,4,14,18H2,2H3,(H,29,30)/b28-17+. The zero-order chi connectivity index (χ0) is 23.5. The van der Waals surface area contributed by atoms with Crippen LogP contribution in [0.1, 0.15) is 28.4 Å². The fraction of sp³-hybridized carbons (Fsp3) is 0.154. The summed E-state index contributed by atoms with van der Waals surface area (Å²) in [6.45, 7) is 6.72. The fourth-order valence-electron chi connectivity index (χ4n) is 2.90. The maximum absolute atomic E-state index is 12.6. The van der Waals surface area contributed by atoms with Gasteiger partial charge in [-0.15, -0.1) is 0 Å². The average Bonchev–Trinajstić information content (AvgIpc) is 2.83. The molecule has 0 atom stereocenters. The summed E-state index contributed by atoms with van der Waals surface area (Å²) in [5.74, 6) is 1.32. The highest BCUT2D eigenvalue weighted by Crippen LogP contribution is 2.28. The van der Waals surface area contributed by atoms with Gasteiger partial charge in [0.05, 0.1) is 12.8 Å². The third-order valence-electron chi connectivity index (χ3n) is 4.44. The van der Waals surface area contributed by atoms with Crippen LogP contribution in [0.25, 0.3) is 0 Å². The van der Waals surface area contributed by atoms with Gasteiger partial charge in [0.2, 0.25) is 0 Å². The van der Waals surface area contributed by atoms with Gasteiger partial charge in [0.15, 0.2) is 11.5 Å². The van der Waals surface area contributed by atoms with E-state index in [-0.39, 0.29) is 5.91 Å². The van der Waals surface area contributed by atoms with Gasteiger partial charge in [-0.3, -0.25) is 4.79 Å². The predicted molar refractivity (Wildman–Crippen MR) is 133 cm³/mol. The molecule has 0 radical (unpaired) electrons. The summed E-state index contributed by atoms with van der Waals surface area (Å²) in [4.78, 5) is 12.6. The maximum atomic E-state index is 12.6. The first-order chi connectivity index (χ1) is 16.1. The van der Waals surface area contributed by atoms with Crippen molar-refractivity contribution >= 4 is 28.1 Å². The Balaban J connectivity index is 1.69. The first-order valence-corrected chi connectivity index (χ1v) is 11.2. The number of carbonyl (C=O) groups excluding carboxylic acids is 1. The molecule has 1 amide bonds. The van der Waals surface area contributed by atoms with Crippen LogP contribution in [-0.2, 0) is 6.61 Å². The highest BCUT2D eigenvalue weighted by Gasteiger charge is 2.11. The van der Waals surface area contributed by atoms with Crippen LogP contribution in [0.4, 0.5) is 0 Å². The highest BCUT2D eigenvalue weighted by atomic mass is 79.9. The minimum absolute atomic E-state index is 0.344. The molecular weight excluding hydrogens is 484 g/mol. The molecule has 0 saturated heterocycles. The number of ether oxygens (including phenoxy) is 3. The summed E-state index contributed by atoms with van der Waals surface area (Å²) in [5, 5.41) is 4.11. The van der Waals surface area contributed by atoms with Gasteiger partial charge in [0.1, 0.15) is 19.0 Å². The van der Waals surface area contributed by atoms with Crippen LogP contribution in [0.15, 0.2) is 89.0 Å². The van der Waals surface area contributed by atoms with Gasteiger partial charge in [-0.2, -0.15) is 5.10 Å². The number of benzene rings is 3. The van der Waals surface area contributed by atoms with E-state index in [9.17, 15) is 4.79 Å². The van der Waals surface area contributed by atoms with Crippen LogP contribution in [0.2, 0.25) is 0 Å². The molecule has 170 valence electrons. The third-order valence-corrected chi connectivity index (χ3v) is 4.93. The zero-order valence-electron chi connectivity index (χ0n) is 18.3. The van der Waals surface area contributed by atoms with E-state index in [1.807, 2.05) is 55.5 Å². The van der Waals surface area contributed by atoms with Crippen molar-refractivity contribution in [1.29, 1.82) is 0 Å². The molecule has 0 heterocycles. The Morgan fingerprint density at radius 2 is 1.79 bits per heavy atom. The van der Waals surface area contributed by atoms with Crippen molar-refractivity contribution in [3.8, 4) is 17.2 Å². The van der Waals surface area contributed by atoms with Gasteiger partial charge in [-0.25, -0.2) is 5.43 Å². The van der Waals surface area contributed by atoms with E-state index in [2.05, 4.69) is 33.0 Å². The molecule has 0 aliphatic rings. The lowest BCUT2D eigenvalue weighted by molar-refractivity contribution is 0.0954. The largest absolute Gasteiger partial charge is 0.490 e. The first kappa shape index (κ1) is 24.1. The van der Waals surface area contributed by atoms with Crippen molar-refractivity contribution in [2.75, 3.05) is 13.2 Å². The van der Waals surface area contributed by atoms with Crippen molar-refractivity contribution in [3.05, 3.63) is 101 Å². The van der Waals surface area contributed by atoms with Crippen LogP contribution < -0.4 is 19.6 Å². The van der Waals surface area contributed by atoms with Crippen LogP contribution in [0, 0.1) is 0 Å². The predicted octanol–water partition coefficient (Wildman–Crippen LogP) is 5.76. The minimum atomic E-state index is -0.371. The Hall–Kier alpha value is -3.58. The van der Waals surface area contributed by atoms with Gasteiger partial charge >= 0.3 is 0 Å². The number of rotatable bonds is 11. The van der Waals surface area contributed by atoms with Crippen LogP contribution in [-0.4, -0.2) is 25.3 Å². The maximum Gasteiger partial charge on any atom is 0.271 e. The Kier molecular flexibility index (Phi) is 9.08. The lowest BCUT2D eigenvalue weighted by atomic mass is 10.2. The molecule has 0 aliphatic heterocycles. The molecule has 0 saturated carbocycles. The molecule has 0 unspecified atom stereocenters. The monoisotopic (exact) mass is 508 g/mol. The Morgan fingerprint density at radius 1 is 1.00 bits per heavy atom. The second-order valence-corrected chi connectivity index (χ2v) is 7.77. The summed E-state index contributed by atoms with van der Waals surface area (Å²) >= 11 is 3.46. The third kappa shape index (κ3) is 7.22. The quantitative estimate of drug-likeness (QED) is 0.203. The number of hydrazone groups is 1. The van der Waals surface area contributed by atoms with Crippen LogP contribution >= 0.6 is 15.9 Å². The number of nitrogens with zero attached hydrogens (tertiary/aromatic N) is 1. The number of amides is 1. The van der Waals surface area contributed by atoms with E-state index in [1.165, 1.54) is 0 Å². The highest BCUT2D eigenvalue weighted by molar-refractivity contribution is 9.10. The second-order valence-electron chi connectivity index (χ2n) is 6.85. The van der Waals surface area contributed by atoms with E-state index in [0.717, 1.165) is 15.6 Å². The molecule has 7 heteroatoms. The van der Waals surface area contributed by atoms with E-state index in [0.29, 0.717) is 42.6 Å². The summed E-state index contributed by atoms with van der Waals surface area (Å²) < 4.78 is 18.0. The molecule has 3 rings (SSSR count). The number of halogens is 1. The molecule has 3 aromatic carbocycles. The van der Waals surface area contributed by atoms with E-state index in [4.69, 9.17) is 14.2 Å². The topological polar surface area (TPSA) is 69.2 Å². The summed E-state index contributed by atoms with van der Waals surface area (Å²) in [6.07, 6.45) is 3.19. The molecule has 1 N–H and O–H groups in total. The smallest absolute Gasteiger partial charge is 0.271 e. The normalized spacial score (nSPS) is 10.6. The van der Waals surface area contributed by atoms with Crippen LogP contribution in [0.5, 0.6) is 17.2 Å². The van der Waals surface area contributed by atoms with Crippen molar-refractivity contribution in [2.45, 2.75) is 13.5 Å². The first-order valence-electron chi connectivity index (χ1n) is 10.4. The van der Waals surface area contributed by atoms with Gasteiger partial charge in [-0.05, 0) is 48.9 Å². The summed E-state index contributed by atoms with van der Waals surface area (Å²) in [5.41, 5.74) is 4.73. The summed E-state index contributed by atoms with van der Waals surface area (Å²) in [7, 11) is 0. The Labute approximate surface area is 202 Å². The molecule has 0 aromatic heterocycles. The number of hydrogen-bond donors (Lipinski definition) is 1. The number of hydrogen-bond acceptors (Lipinski definition) is 5. The van der Waals surface area contributed by atoms with E-state index in [1.54, 1.807) is 30.5 Å². The summed E-state index contributed by atoms with van der Waals surface area (Å²) in [6, 6.07) is 20.5. The molecule has 3 aromatic rings. The van der Waals surface area contributed by atoms with Crippen molar-refractivity contribution < 1.29 is 19.0 Å². The van der Waals surface area contributed by atoms with Crippen molar-refractivity contribution in [3.63, 3.8) is 0 Å². The molecule has 33 heavy (non-hydrogen) atoms.